The van der Waals surface area contributed by atoms with E-state index in [0.29, 0.717) is 31.1 Å². The standard InChI is InChI=1S/C11H18F3N5/c1-2-16-8-7-9(19-10(15)18-8)17-6-4-3-5-11(12,13)14/h7H,2-6H2,1H3,(H4,15,16,17,18,19). The summed E-state index contributed by atoms with van der Waals surface area (Å²) in [5, 5.41) is 5.92. The van der Waals surface area contributed by atoms with E-state index in [0.717, 1.165) is 0 Å². The fraction of sp³-hybridized carbons (Fsp3) is 0.636. The zero-order valence-electron chi connectivity index (χ0n) is 10.7. The Labute approximate surface area is 109 Å². The van der Waals surface area contributed by atoms with Crippen molar-refractivity contribution in [3.05, 3.63) is 6.07 Å². The van der Waals surface area contributed by atoms with E-state index >= 15 is 0 Å². The average molecular weight is 277 g/mol. The Morgan fingerprint density at radius 2 is 1.79 bits per heavy atom. The number of hydrogen-bond donors (Lipinski definition) is 3. The molecule has 1 aromatic rings. The molecule has 0 unspecified atom stereocenters. The number of alkyl halides is 3. The first kappa shape index (κ1) is 15.3. The zero-order chi connectivity index (χ0) is 14.3. The molecule has 0 radical (unpaired) electrons. The van der Waals surface area contributed by atoms with Crippen molar-refractivity contribution in [2.75, 3.05) is 29.5 Å². The van der Waals surface area contributed by atoms with Crippen LogP contribution >= 0.6 is 0 Å². The van der Waals surface area contributed by atoms with Crippen LogP contribution in [0.1, 0.15) is 26.2 Å². The van der Waals surface area contributed by atoms with Gasteiger partial charge in [-0.1, -0.05) is 0 Å². The molecule has 0 bridgehead atoms. The van der Waals surface area contributed by atoms with Gasteiger partial charge in [-0.05, 0) is 19.8 Å². The Morgan fingerprint density at radius 1 is 1.16 bits per heavy atom. The molecule has 0 amide bonds. The van der Waals surface area contributed by atoms with Gasteiger partial charge in [0.1, 0.15) is 11.6 Å². The normalized spacial score (nSPS) is 11.4. The van der Waals surface area contributed by atoms with Gasteiger partial charge in [0.15, 0.2) is 0 Å². The summed E-state index contributed by atoms with van der Waals surface area (Å²) in [5.41, 5.74) is 5.53. The predicted molar refractivity (Wildman–Crippen MR) is 69.0 cm³/mol. The summed E-state index contributed by atoms with van der Waals surface area (Å²) in [5.74, 6) is 1.22. The van der Waals surface area contributed by atoms with Crippen molar-refractivity contribution in [1.29, 1.82) is 0 Å². The lowest BCUT2D eigenvalue weighted by Crippen LogP contribution is -2.10. The topological polar surface area (TPSA) is 75.9 Å². The summed E-state index contributed by atoms with van der Waals surface area (Å²) in [4.78, 5) is 7.92. The van der Waals surface area contributed by atoms with Crippen LogP contribution in [0.25, 0.3) is 0 Å². The fourth-order valence-corrected chi connectivity index (χ4v) is 1.50. The van der Waals surface area contributed by atoms with Gasteiger partial charge in [-0.25, -0.2) is 0 Å². The number of aromatic nitrogens is 2. The minimum atomic E-state index is -4.09. The van der Waals surface area contributed by atoms with Crippen LogP contribution in [-0.4, -0.2) is 29.2 Å². The Bertz CT molecular complexity index is 394. The number of nitrogens with zero attached hydrogens (tertiary/aromatic N) is 2. The van der Waals surface area contributed by atoms with Crippen molar-refractivity contribution < 1.29 is 13.2 Å². The van der Waals surface area contributed by atoms with Gasteiger partial charge in [-0.15, -0.1) is 0 Å². The number of halogens is 3. The van der Waals surface area contributed by atoms with E-state index in [1.165, 1.54) is 0 Å². The van der Waals surface area contributed by atoms with E-state index in [-0.39, 0.29) is 12.4 Å². The third kappa shape index (κ3) is 6.68. The number of hydrogen-bond acceptors (Lipinski definition) is 5. The molecule has 4 N–H and O–H groups in total. The highest BCUT2D eigenvalue weighted by molar-refractivity contribution is 5.50. The quantitative estimate of drug-likeness (QED) is 0.668. The van der Waals surface area contributed by atoms with Crippen molar-refractivity contribution in [1.82, 2.24) is 9.97 Å². The van der Waals surface area contributed by atoms with Crippen LogP contribution in [0.15, 0.2) is 6.07 Å². The number of rotatable bonds is 7. The fourth-order valence-electron chi connectivity index (χ4n) is 1.50. The summed E-state index contributed by atoms with van der Waals surface area (Å²) in [7, 11) is 0. The van der Waals surface area contributed by atoms with E-state index in [4.69, 9.17) is 5.73 Å². The highest BCUT2D eigenvalue weighted by Crippen LogP contribution is 2.22. The van der Waals surface area contributed by atoms with Crippen LogP contribution in [0.3, 0.4) is 0 Å². The molecule has 0 fully saturated rings. The smallest absolute Gasteiger partial charge is 0.370 e. The second-order valence-electron chi connectivity index (χ2n) is 4.03. The molecule has 0 aliphatic carbocycles. The Morgan fingerprint density at radius 3 is 2.37 bits per heavy atom. The number of unbranched alkanes of at least 4 members (excludes halogenated alkanes) is 1. The lowest BCUT2D eigenvalue weighted by atomic mass is 10.2. The van der Waals surface area contributed by atoms with Crippen molar-refractivity contribution in [3.63, 3.8) is 0 Å². The molecule has 0 aromatic carbocycles. The molecule has 8 heteroatoms. The number of anilines is 3. The third-order valence-electron chi connectivity index (χ3n) is 2.29. The largest absolute Gasteiger partial charge is 0.389 e. The van der Waals surface area contributed by atoms with Gasteiger partial charge in [0.25, 0.3) is 0 Å². The lowest BCUT2D eigenvalue weighted by Gasteiger charge is -2.09. The van der Waals surface area contributed by atoms with Crippen LogP contribution < -0.4 is 16.4 Å². The van der Waals surface area contributed by atoms with Crippen LogP contribution in [0, 0.1) is 0 Å². The minimum absolute atomic E-state index is 0.0944. The van der Waals surface area contributed by atoms with Gasteiger partial charge >= 0.3 is 6.18 Å². The summed E-state index contributed by atoms with van der Waals surface area (Å²) < 4.78 is 35.8. The molecule has 5 nitrogen and oxygen atoms in total. The number of nitrogens with two attached hydrogens (primary N) is 1. The molecule has 19 heavy (non-hydrogen) atoms. The zero-order valence-corrected chi connectivity index (χ0v) is 10.7. The van der Waals surface area contributed by atoms with Gasteiger partial charge in [0.05, 0.1) is 0 Å². The molecule has 1 heterocycles. The highest BCUT2D eigenvalue weighted by Gasteiger charge is 2.25. The first-order valence-electron chi connectivity index (χ1n) is 6.10. The van der Waals surface area contributed by atoms with Crippen LogP contribution in [0.5, 0.6) is 0 Å². The van der Waals surface area contributed by atoms with E-state index < -0.39 is 12.6 Å². The Kier molecular flexibility index (Phi) is 5.65. The molecule has 0 aliphatic heterocycles. The van der Waals surface area contributed by atoms with Crippen LogP contribution in [0.4, 0.5) is 30.8 Å². The molecular formula is C11H18F3N5. The molecule has 1 aromatic heterocycles. The monoisotopic (exact) mass is 277 g/mol. The Hall–Kier alpha value is -1.73. The second kappa shape index (κ2) is 7.01. The highest BCUT2D eigenvalue weighted by atomic mass is 19.4. The Balaban J connectivity index is 2.36. The summed E-state index contributed by atoms with van der Waals surface area (Å²) in [6.07, 6.45) is -4.34. The van der Waals surface area contributed by atoms with Crippen molar-refractivity contribution in [3.8, 4) is 0 Å². The molecule has 0 saturated heterocycles. The first-order valence-corrected chi connectivity index (χ1v) is 6.10. The minimum Gasteiger partial charge on any atom is -0.370 e. The maximum atomic E-state index is 11.9. The van der Waals surface area contributed by atoms with E-state index in [9.17, 15) is 13.2 Å². The van der Waals surface area contributed by atoms with E-state index in [1.54, 1.807) is 6.07 Å². The van der Waals surface area contributed by atoms with Crippen molar-refractivity contribution in [2.24, 2.45) is 0 Å². The van der Waals surface area contributed by atoms with Crippen LogP contribution in [0.2, 0.25) is 0 Å². The van der Waals surface area contributed by atoms with Crippen molar-refractivity contribution >= 4 is 17.6 Å². The van der Waals surface area contributed by atoms with Gasteiger partial charge in [0, 0.05) is 25.6 Å². The maximum absolute atomic E-state index is 11.9. The van der Waals surface area contributed by atoms with Gasteiger partial charge in [-0.3, -0.25) is 0 Å². The maximum Gasteiger partial charge on any atom is 0.389 e. The third-order valence-corrected chi connectivity index (χ3v) is 2.29. The molecule has 0 saturated carbocycles. The number of nitrogen functional groups attached to an aromatic ring is 1. The lowest BCUT2D eigenvalue weighted by molar-refractivity contribution is -0.135. The van der Waals surface area contributed by atoms with Crippen LogP contribution in [-0.2, 0) is 0 Å². The number of nitrogens with one attached hydrogen (secondary N) is 2. The molecule has 108 valence electrons. The van der Waals surface area contributed by atoms with Gasteiger partial charge in [0.2, 0.25) is 5.95 Å². The van der Waals surface area contributed by atoms with E-state index in [1.807, 2.05) is 6.92 Å². The molecule has 0 spiro atoms. The average Bonchev–Trinajstić information content (AvgIpc) is 2.26. The summed E-state index contributed by atoms with van der Waals surface area (Å²) in [6, 6.07) is 1.67. The predicted octanol–water partition coefficient (Wildman–Crippen LogP) is 2.64. The van der Waals surface area contributed by atoms with Gasteiger partial charge in [-0.2, -0.15) is 23.1 Å². The molecule has 0 atom stereocenters. The summed E-state index contributed by atoms with van der Waals surface area (Å²) >= 11 is 0. The molecule has 0 aliphatic rings. The second-order valence-corrected chi connectivity index (χ2v) is 4.03. The SMILES string of the molecule is CCNc1cc(NCCCCC(F)(F)F)nc(N)n1. The van der Waals surface area contributed by atoms with E-state index in [2.05, 4.69) is 20.6 Å². The molecular weight excluding hydrogens is 259 g/mol. The van der Waals surface area contributed by atoms with Crippen molar-refractivity contribution in [2.45, 2.75) is 32.4 Å². The molecule has 1 rings (SSSR count). The van der Waals surface area contributed by atoms with Gasteiger partial charge < -0.3 is 16.4 Å². The first-order chi connectivity index (χ1) is 8.90. The summed E-state index contributed by atoms with van der Waals surface area (Å²) in [6.45, 7) is 3.03.